The van der Waals surface area contributed by atoms with Gasteiger partial charge in [-0.15, -0.1) is 0 Å². The van der Waals surface area contributed by atoms with E-state index in [2.05, 4.69) is 32.6 Å². The molecular formula is C29H38N4O4. The number of amides is 2. The molecule has 5 rings (SSSR count). The van der Waals surface area contributed by atoms with Crippen LogP contribution in [0.2, 0.25) is 0 Å². The van der Waals surface area contributed by atoms with E-state index < -0.39 is 0 Å². The third kappa shape index (κ3) is 6.89. The molecule has 2 amide bonds. The van der Waals surface area contributed by atoms with Crippen LogP contribution in [0.4, 0.5) is 5.69 Å². The van der Waals surface area contributed by atoms with Crippen LogP contribution < -0.4 is 10.6 Å². The lowest BCUT2D eigenvalue weighted by atomic mass is 9.87. The second-order valence-electron chi connectivity index (χ2n) is 10.6. The minimum atomic E-state index is -0.283. The molecule has 8 nitrogen and oxygen atoms in total. The summed E-state index contributed by atoms with van der Waals surface area (Å²) in [6.45, 7) is 6.49. The minimum Gasteiger partial charge on any atom is -0.508 e. The van der Waals surface area contributed by atoms with Gasteiger partial charge in [0.15, 0.2) is 0 Å². The highest BCUT2D eigenvalue weighted by molar-refractivity contribution is 5.93. The second kappa shape index (κ2) is 12.1. The van der Waals surface area contributed by atoms with Gasteiger partial charge in [-0.05, 0) is 66.6 Å². The SMILES string of the molecule is O=C(NCCN1CCOCC1)[C@H]1C[C@@H](C(=O)Nc2ccc3c(c2)CCC3)CN(Cc2ccc(O)cc2)C1. The van der Waals surface area contributed by atoms with E-state index in [-0.39, 0.29) is 29.4 Å². The average Bonchev–Trinajstić information content (AvgIpc) is 3.38. The van der Waals surface area contributed by atoms with Crippen molar-refractivity contribution < 1.29 is 19.4 Å². The van der Waals surface area contributed by atoms with Crippen molar-refractivity contribution in [1.29, 1.82) is 0 Å². The zero-order valence-electron chi connectivity index (χ0n) is 21.5. The number of piperidine rings is 1. The van der Waals surface area contributed by atoms with Crippen molar-refractivity contribution in [3.63, 3.8) is 0 Å². The Kier molecular flexibility index (Phi) is 8.38. The van der Waals surface area contributed by atoms with Crippen molar-refractivity contribution in [3.8, 4) is 5.75 Å². The summed E-state index contributed by atoms with van der Waals surface area (Å²) in [5.74, 6) is -0.328. The number of rotatable bonds is 8. The molecule has 0 bridgehead atoms. The molecule has 0 radical (unpaired) electrons. The number of phenolic OH excluding ortho intramolecular Hbond substituents is 1. The number of nitrogens with zero attached hydrogens (tertiary/aromatic N) is 2. The molecule has 2 aromatic carbocycles. The Morgan fingerprint density at radius 1 is 0.919 bits per heavy atom. The maximum Gasteiger partial charge on any atom is 0.228 e. The first-order valence-electron chi connectivity index (χ1n) is 13.5. The number of carbonyl (C=O) groups is 2. The first kappa shape index (κ1) is 25.7. The monoisotopic (exact) mass is 506 g/mol. The molecule has 2 atom stereocenters. The number of hydrogen-bond acceptors (Lipinski definition) is 6. The molecular weight excluding hydrogens is 468 g/mol. The summed E-state index contributed by atoms with van der Waals surface area (Å²) in [5.41, 5.74) is 4.59. The normalized spacial score (nSPS) is 22.4. The van der Waals surface area contributed by atoms with Crippen LogP contribution in [0.15, 0.2) is 42.5 Å². The topological polar surface area (TPSA) is 94.1 Å². The Bertz CT molecular complexity index is 1080. The number of hydrogen-bond donors (Lipinski definition) is 3. The molecule has 0 saturated carbocycles. The van der Waals surface area contributed by atoms with Crippen LogP contribution in [-0.2, 0) is 33.7 Å². The molecule has 198 valence electrons. The van der Waals surface area contributed by atoms with Crippen LogP contribution in [0.5, 0.6) is 5.75 Å². The molecule has 37 heavy (non-hydrogen) atoms. The summed E-state index contributed by atoms with van der Waals surface area (Å²) in [4.78, 5) is 31.1. The maximum atomic E-state index is 13.4. The van der Waals surface area contributed by atoms with E-state index in [0.717, 1.165) is 56.9 Å². The lowest BCUT2D eigenvalue weighted by Crippen LogP contribution is -2.50. The van der Waals surface area contributed by atoms with Gasteiger partial charge in [0.25, 0.3) is 0 Å². The standard InChI is InChI=1S/C29H38N4O4/c34-27-8-4-21(5-9-27)18-33-19-24(28(35)30-10-11-32-12-14-37-15-13-32)16-25(20-33)29(36)31-26-7-6-22-2-1-3-23(22)17-26/h4-9,17,24-25,34H,1-3,10-16,18-20H2,(H,30,35)(H,31,36)/t24-,25+/m0/s1. The number of nitrogens with one attached hydrogen (secondary N) is 2. The van der Waals surface area contributed by atoms with E-state index in [1.165, 1.54) is 17.5 Å². The lowest BCUT2D eigenvalue weighted by molar-refractivity contribution is -0.130. The number of carbonyl (C=O) groups excluding carboxylic acids is 2. The summed E-state index contributed by atoms with van der Waals surface area (Å²) in [5, 5.41) is 15.9. The van der Waals surface area contributed by atoms with Gasteiger partial charge in [0.1, 0.15) is 5.75 Å². The number of morpholine rings is 1. The highest BCUT2D eigenvalue weighted by atomic mass is 16.5. The van der Waals surface area contributed by atoms with E-state index >= 15 is 0 Å². The van der Waals surface area contributed by atoms with Crippen molar-refractivity contribution in [3.05, 3.63) is 59.2 Å². The quantitative estimate of drug-likeness (QED) is 0.509. The number of phenols is 1. The van der Waals surface area contributed by atoms with Crippen LogP contribution in [0, 0.1) is 11.8 Å². The fraction of sp³-hybridized carbons (Fsp3) is 0.517. The van der Waals surface area contributed by atoms with Gasteiger partial charge in [-0.2, -0.15) is 0 Å². The lowest BCUT2D eigenvalue weighted by Gasteiger charge is -2.36. The Labute approximate surface area is 219 Å². The zero-order valence-corrected chi connectivity index (χ0v) is 21.5. The molecule has 2 aromatic rings. The van der Waals surface area contributed by atoms with E-state index in [1.807, 2.05) is 18.2 Å². The van der Waals surface area contributed by atoms with E-state index in [0.29, 0.717) is 32.6 Å². The second-order valence-corrected chi connectivity index (χ2v) is 10.6. The summed E-state index contributed by atoms with van der Waals surface area (Å²) in [6, 6.07) is 13.4. The van der Waals surface area contributed by atoms with Crippen LogP contribution in [0.25, 0.3) is 0 Å². The van der Waals surface area contributed by atoms with Gasteiger partial charge in [0.2, 0.25) is 11.8 Å². The fourth-order valence-electron chi connectivity index (χ4n) is 5.76. The Hall–Kier alpha value is -2.94. The number of anilines is 1. The largest absolute Gasteiger partial charge is 0.508 e. The van der Waals surface area contributed by atoms with E-state index in [4.69, 9.17) is 4.74 Å². The molecule has 3 N–H and O–H groups in total. The summed E-state index contributed by atoms with van der Waals surface area (Å²) in [7, 11) is 0. The molecule has 2 aliphatic heterocycles. The van der Waals surface area contributed by atoms with E-state index in [1.54, 1.807) is 12.1 Å². The van der Waals surface area contributed by atoms with Gasteiger partial charge in [0.05, 0.1) is 25.0 Å². The van der Waals surface area contributed by atoms with Crippen molar-refractivity contribution in [2.75, 3.05) is 57.8 Å². The van der Waals surface area contributed by atoms with Gasteiger partial charge >= 0.3 is 0 Å². The first-order chi connectivity index (χ1) is 18.0. The number of ether oxygens (including phenoxy) is 1. The number of aryl methyl sites for hydroxylation is 2. The van der Waals surface area contributed by atoms with Crippen LogP contribution in [-0.4, -0.2) is 79.2 Å². The molecule has 8 heteroatoms. The summed E-state index contributed by atoms with van der Waals surface area (Å²) >= 11 is 0. The predicted octanol–water partition coefficient (Wildman–Crippen LogP) is 2.41. The van der Waals surface area contributed by atoms with Crippen molar-refractivity contribution in [2.24, 2.45) is 11.8 Å². The summed E-state index contributed by atoms with van der Waals surface area (Å²) < 4.78 is 5.40. The molecule has 2 heterocycles. The van der Waals surface area contributed by atoms with Crippen LogP contribution in [0.3, 0.4) is 0 Å². The highest BCUT2D eigenvalue weighted by Crippen LogP contribution is 2.28. The molecule has 2 saturated heterocycles. The molecule has 3 aliphatic rings. The Balaban J connectivity index is 1.23. The van der Waals surface area contributed by atoms with Crippen molar-refractivity contribution >= 4 is 17.5 Å². The third-order valence-electron chi connectivity index (χ3n) is 7.81. The Morgan fingerprint density at radius 2 is 1.65 bits per heavy atom. The van der Waals surface area contributed by atoms with Gasteiger partial charge < -0.3 is 20.5 Å². The number of fused-ring (bicyclic) bond motifs is 1. The van der Waals surface area contributed by atoms with Crippen LogP contribution in [0.1, 0.15) is 29.5 Å². The van der Waals surface area contributed by atoms with Gasteiger partial charge in [0, 0.05) is 51.5 Å². The minimum absolute atomic E-state index is 0.0130. The molecule has 2 fully saturated rings. The maximum absolute atomic E-state index is 13.4. The molecule has 0 unspecified atom stereocenters. The number of aromatic hydroxyl groups is 1. The molecule has 1 aliphatic carbocycles. The van der Waals surface area contributed by atoms with Gasteiger partial charge in [-0.1, -0.05) is 18.2 Å². The smallest absolute Gasteiger partial charge is 0.228 e. The highest BCUT2D eigenvalue weighted by Gasteiger charge is 2.35. The van der Waals surface area contributed by atoms with E-state index in [9.17, 15) is 14.7 Å². The third-order valence-corrected chi connectivity index (χ3v) is 7.81. The van der Waals surface area contributed by atoms with Crippen LogP contribution >= 0.6 is 0 Å². The van der Waals surface area contributed by atoms with Gasteiger partial charge in [-0.3, -0.25) is 19.4 Å². The molecule has 0 aromatic heterocycles. The number of likely N-dealkylation sites (tertiary alicyclic amines) is 1. The van der Waals surface area contributed by atoms with Crippen molar-refractivity contribution in [1.82, 2.24) is 15.1 Å². The summed E-state index contributed by atoms with van der Waals surface area (Å²) in [6.07, 6.45) is 3.88. The Morgan fingerprint density at radius 3 is 2.43 bits per heavy atom. The van der Waals surface area contributed by atoms with Crippen molar-refractivity contribution in [2.45, 2.75) is 32.2 Å². The zero-order chi connectivity index (χ0) is 25.6. The molecule has 0 spiro atoms. The predicted molar refractivity (Wildman–Crippen MR) is 142 cm³/mol. The van der Waals surface area contributed by atoms with Gasteiger partial charge in [-0.25, -0.2) is 0 Å². The first-order valence-corrected chi connectivity index (χ1v) is 13.5. The average molecular weight is 507 g/mol. The number of benzene rings is 2. The fourth-order valence-corrected chi connectivity index (χ4v) is 5.76.